The Morgan fingerprint density at radius 1 is 1.30 bits per heavy atom. The molecule has 2 aliphatic carbocycles. The van der Waals surface area contributed by atoms with E-state index in [0.717, 1.165) is 37.1 Å². The van der Waals surface area contributed by atoms with E-state index in [4.69, 9.17) is 23.2 Å². The fourth-order valence-corrected chi connectivity index (χ4v) is 3.62. The maximum Gasteiger partial charge on any atom is 0.224 e. The number of carbonyl (C=O) groups is 1. The smallest absolute Gasteiger partial charge is 0.224 e. The minimum absolute atomic E-state index is 0.00682. The lowest BCUT2D eigenvalue weighted by Gasteiger charge is -2.40. The molecule has 2 atom stereocenters. The number of hydrogen-bond donors (Lipinski definition) is 2. The van der Waals surface area contributed by atoms with Crippen LogP contribution in [0, 0.1) is 5.92 Å². The molecule has 2 unspecified atom stereocenters. The average Bonchev–Trinajstić information content (AvgIpc) is 3.11. The average molecular weight is 351 g/mol. The van der Waals surface area contributed by atoms with E-state index in [9.17, 15) is 4.79 Å². The van der Waals surface area contributed by atoms with Gasteiger partial charge in [0.2, 0.25) is 5.91 Å². The second kappa shape index (κ2) is 5.49. The number of rotatable bonds is 4. The summed E-state index contributed by atoms with van der Waals surface area (Å²) in [5, 5.41) is 11.1. The number of aromatic amines is 1. The van der Waals surface area contributed by atoms with Crippen LogP contribution in [0.15, 0.2) is 24.5 Å². The van der Waals surface area contributed by atoms with Crippen LogP contribution in [0.3, 0.4) is 0 Å². The van der Waals surface area contributed by atoms with Gasteiger partial charge in [0.1, 0.15) is 12.2 Å². The van der Waals surface area contributed by atoms with Crippen LogP contribution in [0.1, 0.15) is 43.0 Å². The van der Waals surface area contributed by atoms with Crippen molar-refractivity contribution >= 4 is 29.1 Å². The standard InChI is InChI=1S/C16H16Cl2N4O/c17-12-3-2-9(6-13(12)18)10-7-11(10)14(23)21-16(4-1-5-16)15-19-8-20-22-15/h2-3,6,8,10-11H,1,4-5,7H2,(H,21,23)(H,19,20,22). The van der Waals surface area contributed by atoms with Crippen LogP contribution in [0.4, 0.5) is 0 Å². The summed E-state index contributed by atoms with van der Waals surface area (Å²) in [5.41, 5.74) is 0.708. The van der Waals surface area contributed by atoms with Crippen molar-refractivity contribution in [3.8, 4) is 0 Å². The molecule has 2 aliphatic rings. The number of nitrogens with one attached hydrogen (secondary N) is 2. The molecule has 1 heterocycles. The van der Waals surface area contributed by atoms with Gasteiger partial charge >= 0.3 is 0 Å². The van der Waals surface area contributed by atoms with Crippen LogP contribution in [0.2, 0.25) is 10.0 Å². The lowest BCUT2D eigenvalue weighted by atomic mass is 9.76. The first-order chi connectivity index (χ1) is 11.1. The van der Waals surface area contributed by atoms with Crippen molar-refractivity contribution in [1.29, 1.82) is 0 Å². The van der Waals surface area contributed by atoms with E-state index in [1.165, 1.54) is 6.33 Å². The van der Waals surface area contributed by atoms with E-state index in [-0.39, 0.29) is 23.3 Å². The summed E-state index contributed by atoms with van der Waals surface area (Å²) >= 11 is 12.0. The monoisotopic (exact) mass is 350 g/mol. The van der Waals surface area contributed by atoms with E-state index in [0.29, 0.717) is 10.0 Å². The van der Waals surface area contributed by atoms with Crippen LogP contribution >= 0.6 is 23.2 Å². The molecule has 1 amide bonds. The third-order valence-electron chi connectivity index (χ3n) is 4.94. The predicted octanol–water partition coefficient (Wildman–Crippen LogP) is 3.41. The van der Waals surface area contributed by atoms with Crippen LogP contribution < -0.4 is 5.32 Å². The summed E-state index contributed by atoms with van der Waals surface area (Å²) in [4.78, 5) is 16.8. The number of nitrogens with zero attached hydrogens (tertiary/aromatic N) is 2. The van der Waals surface area contributed by atoms with Gasteiger partial charge in [0.15, 0.2) is 0 Å². The summed E-state index contributed by atoms with van der Waals surface area (Å²) < 4.78 is 0. The van der Waals surface area contributed by atoms with Gasteiger partial charge in [-0.2, -0.15) is 5.10 Å². The minimum atomic E-state index is -0.363. The van der Waals surface area contributed by atoms with E-state index in [1.807, 2.05) is 12.1 Å². The van der Waals surface area contributed by atoms with Crippen molar-refractivity contribution in [2.75, 3.05) is 0 Å². The zero-order valence-corrected chi connectivity index (χ0v) is 13.9. The van der Waals surface area contributed by atoms with Gasteiger partial charge in [-0.05, 0) is 49.3 Å². The Balaban J connectivity index is 1.46. The molecule has 0 aliphatic heterocycles. The van der Waals surface area contributed by atoms with Crippen molar-refractivity contribution in [3.05, 3.63) is 46.0 Å². The molecule has 5 nitrogen and oxygen atoms in total. The van der Waals surface area contributed by atoms with Crippen LogP contribution in [0.5, 0.6) is 0 Å². The van der Waals surface area contributed by atoms with Crippen molar-refractivity contribution in [2.24, 2.45) is 5.92 Å². The van der Waals surface area contributed by atoms with Gasteiger partial charge in [-0.25, -0.2) is 4.98 Å². The van der Waals surface area contributed by atoms with Crippen molar-refractivity contribution in [2.45, 2.75) is 37.1 Å². The number of aromatic nitrogens is 3. The largest absolute Gasteiger partial charge is 0.343 e. The van der Waals surface area contributed by atoms with Crippen LogP contribution in [-0.4, -0.2) is 21.1 Å². The van der Waals surface area contributed by atoms with Crippen LogP contribution in [0.25, 0.3) is 0 Å². The molecule has 2 N–H and O–H groups in total. The molecule has 2 fully saturated rings. The molecule has 0 saturated heterocycles. The summed E-state index contributed by atoms with van der Waals surface area (Å²) in [6.07, 6.45) is 5.21. The molecular weight excluding hydrogens is 335 g/mol. The molecule has 0 radical (unpaired) electrons. The number of hydrogen-bond acceptors (Lipinski definition) is 3. The molecule has 23 heavy (non-hydrogen) atoms. The van der Waals surface area contributed by atoms with Crippen molar-refractivity contribution in [3.63, 3.8) is 0 Å². The highest BCUT2D eigenvalue weighted by molar-refractivity contribution is 6.42. The Hall–Kier alpha value is -1.59. The highest BCUT2D eigenvalue weighted by atomic mass is 35.5. The normalized spacial score (nSPS) is 24.8. The summed E-state index contributed by atoms with van der Waals surface area (Å²) in [7, 11) is 0. The summed E-state index contributed by atoms with van der Waals surface area (Å²) in [6.45, 7) is 0. The van der Waals surface area contributed by atoms with E-state index >= 15 is 0 Å². The van der Waals surface area contributed by atoms with Gasteiger partial charge in [0, 0.05) is 5.92 Å². The number of halogens is 2. The highest BCUT2D eigenvalue weighted by Crippen LogP contribution is 2.50. The Labute approximate surface area is 143 Å². The molecule has 0 bridgehead atoms. The molecule has 0 spiro atoms. The molecule has 1 aromatic heterocycles. The van der Waals surface area contributed by atoms with Crippen molar-refractivity contribution in [1.82, 2.24) is 20.5 Å². The summed E-state index contributed by atoms with van der Waals surface area (Å²) in [6, 6.07) is 5.59. The maximum atomic E-state index is 12.6. The molecule has 4 rings (SSSR count). The highest BCUT2D eigenvalue weighted by Gasteiger charge is 2.49. The number of carbonyl (C=O) groups excluding carboxylic acids is 1. The van der Waals surface area contributed by atoms with Gasteiger partial charge in [-0.1, -0.05) is 29.3 Å². The number of benzene rings is 1. The molecule has 1 aromatic carbocycles. The topological polar surface area (TPSA) is 70.7 Å². The van der Waals surface area contributed by atoms with Gasteiger partial charge in [0.25, 0.3) is 0 Å². The second-order valence-corrected chi connectivity index (χ2v) is 7.20. The number of amides is 1. The SMILES string of the molecule is O=C(NC1(c2ncn[nH]2)CCC1)C1CC1c1ccc(Cl)c(Cl)c1. The number of H-pyrrole nitrogens is 1. The predicted molar refractivity (Wildman–Crippen MR) is 87.4 cm³/mol. The van der Waals surface area contributed by atoms with E-state index < -0.39 is 0 Å². The molecule has 120 valence electrons. The van der Waals surface area contributed by atoms with Crippen LogP contribution in [-0.2, 0) is 10.3 Å². The van der Waals surface area contributed by atoms with Gasteiger partial charge in [-0.3, -0.25) is 9.89 Å². The third kappa shape index (κ3) is 2.62. The summed E-state index contributed by atoms with van der Waals surface area (Å²) in [5.74, 6) is 1.05. The lowest BCUT2D eigenvalue weighted by molar-refractivity contribution is -0.125. The fraction of sp³-hybridized carbons (Fsp3) is 0.438. The maximum absolute atomic E-state index is 12.6. The Kier molecular flexibility index (Phi) is 3.58. The molecular formula is C16H16Cl2N4O. The lowest BCUT2D eigenvalue weighted by Crippen LogP contribution is -2.52. The molecule has 2 aromatic rings. The fourth-order valence-electron chi connectivity index (χ4n) is 3.31. The van der Waals surface area contributed by atoms with Gasteiger partial charge in [0.05, 0.1) is 15.6 Å². The molecule has 7 heteroatoms. The zero-order chi connectivity index (χ0) is 16.0. The zero-order valence-electron chi connectivity index (χ0n) is 12.4. The van der Waals surface area contributed by atoms with E-state index in [2.05, 4.69) is 20.5 Å². The first-order valence-corrected chi connectivity index (χ1v) is 8.47. The first-order valence-electron chi connectivity index (χ1n) is 7.72. The Bertz CT molecular complexity index is 743. The second-order valence-electron chi connectivity index (χ2n) is 6.38. The Morgan fingerprint density at radius 2 is 2.13 bits per heavy atom. The minimum Gasteiger partial charge on any atom is -0.343 e. The van der Waals surface area contributed by atoms with Gasteiger partial charge in [-0.15, -0.1) is 0 Å². The molecule has 2 saturated carbocycles. The van der Waals surface area contributed by atoms with Crippen molar-refractivity contribution < 1.29 is 4.79 Å². The Morgan fingerprint density at radius 3 is 2.74 bits per heavy atom. The van der Waals surface area contributed by atoms with E-state index in [1.54, 1.807) is 6.07 Å². The third-order valence-corrected chi connectivity index (χ3v) is 5.68. The van der Waals surface area contributed by atoms with Gasteiger partial charge < -0.3 is 5.32 Å². The first kappa shape index (κ1) is 15.0. The quantitative estimate of drug-likeness (QED) is 0.887.